The normalized spacial score (nSPS) is 13.2. The maximum Gasteiger partial charge on any atom is 0.268 e. The lowest BCUT2D eigenvalue weighted by Crippen LogP contribution is -2.35. The smallest absolute Gasteiger partial charge is 0.268 e. The molecule has 150 valence electrons. The van der Waals surface area contributed by atoms with Crippen LogP contribution in [-0.4, -0.2) is 42.8 Å². The van der Waals surface area contributed by atoms with E-state index in [9.17, 15) is 13.5 Å². The lowest BCUT2D eigenvalue weighted by molar-refractivity contribution is 0.105. The first-order valence-corrected chi connectivity index (χ1v) is 10.7. The van der Waals surface area contributed by atoms with Crippen molar-refractivity contribution < 1.29 is 18.3 Å². The second-order valence-electron chi connectivity index (χ2n) is 7.15. The zero-order valence-electron chi connectivity index (χ0n) is 16.3. The summed E-state index contributed by atoms with van der Waals surface area (Å²) in [5.41, 5.74) is 1.53. The summed E-state index contributed by atoms with van der Waals surface area (Å²) in [6.45, 7) is 6.47. The number of aliphatic hydroxyl groups excluding tert-OH is 1. The fourth-order valence-corrected chi connectivity index (χ4v) is 4.24. The van der Waals surface area contributed by atoms with Gasteiger partial charge in [-0.3, -0.25) is 0 Å². The minimum Gasteiger partial charge on any atom is -0.490 e. The van der Waals surface area contributed by atoms with Crippen LogP contribution in [-0.2, 0) is 10.0 Å². The second kappa shape index (κ2) is 8.34. The average Bonchev–Trinajstić information content (AvgIpc) is 3.10. The van der Waals surface area contributed by atoms with Crippen LogP contribution in [0.1, 0.15) is 19.4 Å². The Morgan fingerprint density at radius 2 is 1.82 bits per heavy atom. The van der Waals surface area contributed by atoms with Crippen molar-refractivity contribution in [1.29, 1.82) is 0 Å². The number of rotatable bonds is 8. The predicted octanol–water partition coefficient (Wildman–Crippen LogP) is 2.92. The van der Waals surface area contributed by atoms with Gasteiger partial charge >= 0.3 is 0 Å². The van der Waals surface area contributed by atoms with Crippen molar-refractivity contribution in [2.45, 2.75) is 37.8 Å². The van der Waals surface area contributed by atoms with E-state index >= 15 is 0 Å². The summed E-state index contributed by atoms with van der Waals surface area (Å²) in [5.74, 6) is 0.541. The van der Waals surface area contributed by atoms with Gasteiger partial charge in [0.1, 0.15) is 18.5 Å². The molecule has 6 nitrogen and oxygen atoms in total. The van der Waals surface area contributed by atoms with Crippen LogP contribution in [0.3, 0.4) is 0 Å². The number of aliphatic hydroxyl groups is 1. The van der Waals surface area contributed by atoms with Gasteiger partial charge < -0.3 is 15.2 Å². The van der Waals surface area contributed by atoms with Gasteiger partial charge in [-0.15, -0.1) is 0 Å². The molecule has 2 N–H and O–H groups in total. The summed E-state index contributed by atoms with van der Waals surface area (Å²) in [6.07, 6.45) is 0.875. The topological polar surface area (TPSA) is 80.6 Å². The molecule has 1 atom stereocenters. The number of hydrogen-bond donors (Lipinski definition) is 2. The fourth-order valence-electron chi connectivity index (χ4n) is 2.89. The number of aromatic nitrogens is 1. The third-order valence-electron chi connectivity index (χ3n) is 4.43. The van der Waals surface area contributed by atoms with E-state index in [2.05, 4.69) is 5.32 Å². The Kier molecular flexibility index (Phi) is 6.07. The first kappa shape index (κ1) is 20.4. The van der Waals surface area contributed by atoms with E-state index in [4.69, 9.17) is 4.74 Å². The number of nitrogens with zero attached hydrogens (tertiary/aromatic N) is 1. The van der Waals surface area contributed by atoms with Gasteiger partial charge in [-0.25, -0.2) is 12.4 Å². The van der Waals surface area contributed by atoms with E-state index in [1.54, 1.807) is 48.5 Å². The Morgan fingerprint density at radius 1 is 1.11 bits per heavy atom. The Bertz CT molecular complexity index is 1040. The lowest BCUT2D eigenvalue weighted by Gasteiger charge is -2.15. The molecular formula is C21H26N2O4S. The van der Waals surface area contributed by atoms with Crippen molar-refractivity contribution >= 4 is 20.9 Å². The molecule has 0 aliphatic carbocycles. The lowest BCUT2D eigenvalue weighted by atomic mass is 10.2. The summed E-state index contributed by atoms with van der Waals surface area (Å²) in [4.78, 5) is 0.233. The Morgan fingerprint density at radius 3 is 2.50 bits per heavy atom. The molecule has 0 aliphatic rings. The molecule has 7 heteroatoms. The maximum absolute atomic E-state index is 13.0. The van der Waals surface area contributed by atoms with Gasteiger partial charge in [-0.1, -0.05) is 37.6 Å². The molecule has 0 aliphatic heterocycles. The first-order valence-electron chi connectivity index (χ1n) is 9.25. The molecule has 1 unspecified atom stereocenters. The number of nitrogens with one attached hydrogen (secondary N) is 1. The molecule has 0 radical (unpaired) electrons. The molecule has 0 amide bonds. The van der Waals surface area contributed by atoms with E-state index in [0.29, 0.717) is 23.2 Å². The maximum atomic E-state index is 13.0. The summed E-state index contributed by atoms with van der Waals surface area (Å²) in [5, 5.41) is 13.9. The van der Waals surface area contributed by atoms with Gasteiger partial charge in [-0.2, -0.15) is 0 Å². The summed E-state index contributed by atoms with van der Waals surface area (Å²) < 4.78 is 33.1. The molecule has 0 fully saturated rings. The third-order valence-corrected chi connectivity index (χ3v) is 6.13. The predicted molar refractivity (Wildman–Crippen MR) is 110 cm³/mol. The number of aryl methyl sites for hydroxylation is 1. The van der Waals surface area contributed by atoms with Crippen molar-refractivity contribution in [1.82, 2.24) is 9.29 Å². The molecule has 0 saturated heterocycles. The van der Waals surface area contributed by atoms with E-state index in [-0.39, 0.29) is 17.5 Å². The van der Waals surface area contributed by atoms with Crippen LogP contribution in [0.2, 0.25) is 0 Å². The number of fused-ring (bicyclic) bond motifs is 1. The number of benzene rings is 2. The summed E-state index contributed by atoms with van der Waals surface area (Å²) in [7, 11) is -3.70. The number of ether oxygens (including phenoxy) is 1. The monoisotopic (exact) mass is 402 g/mol. The molecule has 1 heterocycles. The van der Waals surface area contributed by atoms with Crippen molar-refractivity contribution in [2.75, 3.05) is 13.2 Å². The number of hydrogen-bond acceptors (Lipinski definition) is 5. The zero-order chi connectivity index (χ0) is 20.3. The Labute approximate surface area is 165 Å². The van der Waals surface area contributed by atoms with Gasteiger partial charge in [0.15, 0.2) is 0 Å². The molecule has 28 heavy (non-hydrogen) atoms. The van der Waals surface area contributed by atoms with Crippen LogP contribution >= 0.6 is 0 Å². The second-order valence-corrected chi connectivity index (χ2v) is 8.96. The highest BCUT2D eigenvalue weighted by atomic mass is 32.2. The fraction of sp³-hybridized carbons (Fsp3) is 0.333. The molecule has 2 aromatic carbocycles. The van der Waals surface area contributed by atoms with E-state index in [1.165, 1.54) is 10.2 Å². The zero-order valence-corrected chi connectivity index (χ0v) is 17.1. The molecule has 1 aromatic heterocycles. The molecule has 3 aromatic rings. The Balaban J connectivity index is 1.86. The standard InChI is InChI=1S/C21H26N2O4S/c1-15(2)22-13-17(24)14-27-21-6-4-5-20-19(21)11-12-23(20)28(25,26)18-9-7-16(3)8-10-18/h4-12,15,17,22,24H,13-14H2,1-3H3. The van der Waals surface area contributed by atoms with Crippen LogP contribution < -0.4 is 10.1 Å². The van der Waals surface area contributed by atoms with Gasteiger partial charge in [0, 0.05) is 24.2 Å². The largest absolute Gasteiger partial charge is 0.490 e. The highest BCUT2D eigenvalue weighted by Crippen LogP contribution is 2.29. The molecule has 0 saturated carbocycles. The molecule has 0 bridgehead atoms. The van der Waals surface area contributed by atoms with Crippen LogP contribution in [0.5, 0.6) is 5.75 Å². The van der Waals surface area contributed by atoms with E-state index < -0.39 is 16.1 Å². The average molecular weight is 403 g/mol. The van der Waals surface area contributed by atoms with E-state index in [1.807, 2.05) is 20.8 Å². The van der Waals surface area contributed by atoms with Gasteiger partial charge in [0.2, 0.25) is 0 Å². The molecule has 3 rings (SSSR count). The van der Waals surface area contributed by atoms with Gasteiger partial charge in [-0.05, 0) is 37.3 Å². The SMILES string of the molecule is Cc1ccc(S(=O)(=O)n2ccc3c(OCC(O)CNC(C)C)cccc32)cc1. The van der Waals surface area contributed by atoms with Crippen LogP contribution in [0, 0.1) is 6.92 Å². The van der Waals surface area contributed by atoms with Crippen LogP contribution in [0.25, 0.3) is 10.9 Å². The van der Waals surface area contributed by atoms with Crippen molar-refractivity contribution in [3.8, 4) is 5.75 Å². The van der Waals surface area contributed by atoms with Crippen molar-refractivity contribution in [3.63, 3.8) is 0 Å². The van der Waals surface area contributed by atoms with Crippen LogP contribution in [0.4, 0.5) is 0 Å². The van der Waals surface area contributed by atoms with Gasteiger partial charge in [0.05, 0.1) is 10.4 Å². The van der Waals surface area contributed by atoms with Crippen molar-refractivity contribution in [3.05, 3.63) is 60.3 Å². The highest BCUT2D eigenvalue weighted by Gasteiger charge is 2.20. The minimum absolute atomic E-state index is 0.120. The van der Waals surface area contributed by atoms with Crippen molar-refractivity contribution in [2.24, 2.45) is 0 Å². The van der Waals surface area contributed by atoms with Crippen LogP contribution in [0.15, 0.2) is 59.6 Å². The minimum atomic E-state index is -3.70. The van der Waals surface area contributed by atoms with E-state index in [0.717, 1.165) is 5.56 Å². The Hall–Kier alpha value is -2.35. The highest BCUT2D eigenvalue weighted by molar-refractivity contribution is 7.90. The summed E-state index contributed by atoms with van der Waals surface area (Å²) in [6, 6.07) is 14.0. The molecule has 0 spiro atoms. The molecular weight excluding hydrogens is 376 g/mol. The summed E-state index contributed by atoms with van der Waals surface area (Å²) >= 11 is 0. The third kappa shape index (κ3) is 4.38. The first-order chi connectivity index (χ1) is 13.3. The quantitative estimate of drug-likeness (QED) is 0.606. The van der Waals surface area contributed by atoms with Gasteiger partial charge in [0.25, 0.3) is 10.0 Å².